The molecule has 0 fully saturated rings. The molecule has 0 radical (unpaired) electrons. The van der Waals surface area contributed by atoms with Gasteiger partial charge in [-0.25, -0.2) is 9.97 Å². The highest BCUT2D eigenvalue weighted by molar-refractivity contribution is 5.85. The number of rotatable bonds is 1. The maximum absolute atomic E-state index is 11.6. The summed E-state index contributed by atoms with van der Waals surface area (Å²) in [5, 5.41) is 0.645. The van der Waals surface area contributed by atoms with Gasteiger partial charge in [0, 0.05) is 11.8 Å². The summed E-state index contributed by atoms with van der Waals surface area (Å²) in [6.45, 7) is 1.95. The Morgan fingerprint density at radius 1 is 1.05 bits per heavy atom. The van der Waals surface area contributed by atoms with E-state index in [1.165, 1.54) is 6.20 Å². The Morgan fingerprint density at radius 3 is 2.47 bits per heavy atom. The summed E-state index contributed by atoms with van der Waals surface area (Å²) in [6.07, 6.45) is 1.30. The van der Waals surface area contributed by atoms with Crippen molar-refractivity contribution in [3.8, 4) is 11.3 Å². The molecule has 2 aliphatic heterocycles. The van der Waals surface area contributed by atoms with Crippen molar-refractivity contribution in [2.75, 3.05) is 0 Å². The van der Waals surface area contributed by atoms with Crippen LogP contribution < -0.4 is 11.1 Å². The first-order valence-electron chi connectivity index (χ1n) is 5.20. The van der Waals surface area contributed by atoms with Gasteiger partial charge in [-0.15, -0.1) is 24.8 Å². The molecule has 0 saturated heterocycles. The fourth-order valence-electron chi connectivity index (χ4n) is 1.98. The molecule has 98 valence electrons. The highest BCUT2D eigenvalue weighted by Gasteiger charge is 2.13. The lowest BCUT2D eigenvalue weighted by Crippen LogP contribution is -2.02. The summed E-state index contributed by atoms with van der Waals surface area (Å²) in [4.78, 5) is 30.7. The van der Waals surface area contributed by atoms with Crippen LogP contribution in [0.25, 0.3) is 11.3 Å². The van der Waals surface area contributed by atoms with Crippen LogP contribution in [0.15, 0.2) is 40.1 Å². The molecule has 0 bridgehead atoms. The minimum absolute atomic E-state index is 0. The summed E-state index contributed by atoms with van der Waals surface area (Å²) in [5.74, 6) is 0. The SMILES string of the molecule is Cc1cccc(-c2nc(=O)c3cnc(=O)c2=3)c1.Cl.Cl. The van der Waals surface area contributed by atoms with Crippen molar-refractivity contribution in [1.29, 1.82) is 0 Å². The lowest BCUT2D eigenvalue weighted by atomic mass is 10.1. The van der Waals surface area contributed by atoms with Crippen molar-refractivity contribution in [3.63, 3.8) is 0 Å². The number of benzene rings is 1. The number of nitrogens with zero attached hydrogens (tertiary/aromatic N) is 2. The van der Waals surface area contributed by atoms with Gasteiger partial charge in [0.15, 0.2) is 0 Å². The molecule has 19 heavy (non-hydrogen) atoms. The average Bonchev–Trinajstić information content (AvgIpc) is 2.82. The third kappa shape index (κ3) is 2.37. The number of halogens is 2. The van der Waals surface area contributed by atoms with E-state index < -0.39 is 0 Å². The van der Waals surface area contributed by atoms with Crippen molar-refractivity contribution >= 4 is 24.8 Å². The van der Waals surface area contributed by atoms with E-state index in [1.807, 2.05) is 31.2 Å². The van der Waals surface area contributed by atoms with Crippen molar-refractivity contribution in [2.45, 2.75) is 6.92 Å². The van der Waals surface area contributed by atoms with Crippen LogP contribution in [0, 0.1) is 17.4 Å². The van der Waals surface area contributed by atoms with Gasteiger partial charge in [0.2, 0.25) is 0 Å². The Morgan fingerprint density at radius 2 is 1.79 bits per heavy atom. The fourth-order valence-corrected chi connectivity index (χ4v) is 1.98. The largest absolute Gasteiger partial charge is 0.280 e. The third-order valence-corrected chi connectivity index (χ3v) is 2.77. The molecule has 6 heteroatoms. The summed E-state index contributed by atoms with van der Waals surface area (Å²) in [6, 6.07) is 7.55. The normalized spacial score (nSPS) is 9.95. The third-order valence-electron chi connectivity index (χ3n) is 2.77. The summed E-state index contributed by atoms with van der Waals surface area (Å²) in [7, 11) is 0. The molecule has 0 aliphatic carbocycles. The smallest absolute Gasteiger partial charge is 0.267 e. The maximum atomic E-state index is 11.6. The minimum atomic E-state index is -0.383. The van der Waals surface area contributed by atoms with Gasteiger partial charge in [0.1, 0.15) is 0 Å². The van der Waals surface area contributed by atoms with Gasteiger partial charge in [-0.3, -0.25) is 9.59 Å². The Labute approximate surface area is 120 Å². The van der Waals surface area contributed by atoms with Gasteiger partial charge in [0.25, 0.3) is 11.1 Å². The van der Waals surface area contributed by atoms with Gasteiger partial charge in [-0.1, -0.05) is 23.8 Å². The van der Waals surface area contributed by atoms with Gasteiger partial charge in [-0.2, -0.15) is 0 Å². The molecule has 3 rings (SSSR count). The molecular formula is C13H10Cl2N2O2. The molecular weight excluding hydrogens is 287 g/mol. The zero-order valence-electron chi connectivity index (χ0n) is 9.91. The molecule has 0 aromatic heterocycles. The van der Waals surface area contributed by atoms with Crippen molar-refractivity contribution < 1.29 is 0 Å². The topological polar surface area (TPSA) is 59.9 Å². The van der Waals surface area contributed by atoms with E-state index in [2.05, 4.69) is 9.97 Å². The zero-order valence-corrected chi connectivity index (χ0v) is 11.5. The van der Waals surface area contributed by atoms with Crippen LogP contribution in [0.2, 0.25) is 0 Å². The predicted octanol–water partition coefficient (Wildman–Crippen LogP) is 1.62. The molecule has 0 saturated carbocycles. The second kappa shape index (κ2) is 5.47. The maximum Gasteiger partial charge on any atom is 0.280 e. The van der Waals surface area contributed by atoms with Gasteiger partial charge in [-0.05, 0) is 13.0 Å². The van der Waals surface area contributed by atoms with Crippen LogP contribution in [0.3, 0.4) is 0 Å². The molecule has 0 spiro atoms. The van der Waals surface area contributed by atoms with Crippen LogP contribution in [-0.4, -0.2) is 9.97 Å². The lowest BCUT2D eigenvalue weighted by molar-refractivity contribution is 1.23. The molecule has 1 aromatic rings. The van der Waals surface area contributed by atoms with Gasteiger partial charge >= 0.3 is 0 Å². The van der Waals surface area contributed by atoms with Crippen molar-refractivity contribution in [3.05, 3.63) is 67.2 Å². The Kier molecular flexibility index (Phi) is 4.39. The second-order valence-corrected chi connectivity index (χ2v) is 3.99. The molecule has 2 aliphatic rings. The van der Waals surface area contributed by atoms with E-state index in [1.54, 1.807) is 0 Å². The highest BCUT2D eigenvalue weighted by atomic mass is 35.5. The van der Waals surface area contributed by atoms with Crippen LogP contribution in [0.1, 0.15) is 5.56 Å². The van der Waals surface area contributed by atoms with Gasteiger partial charge < -0.3 is 0 Å². The van der Waals surface area contributed by atoms with E-state index in [-0.39, 0.29) is 35.9 Å². The highest BCUT2D eigenvalue weighted by Crippen LogP contribution is 2.18. The average molecular weight is 297 g/mol. The van der Waals surface area contributed by atoms with E-state index >= 15 is 0 Å². The fraction of sp³-hybridized carbons (Fsp3) is 0.0769. The van der Waals surface area contributed by atoms with E-state index in [0.29, 0.717) is 16.1 Å². The van der Waals surface area contributed by atoms with E-state index in [4.69, 9.17) is 0 Å². The quantitative estimate of drug-likeness (QED) is 0.685. The first kappa shape index (κ1) is 15.3. The molecule has 0 N–H and O–H groups in total. The summed E-state index contributed by atoms with van der Waals surface area (Å²) in [5.41, 5.74) is 1.51. The van der Waals surface area contributed by atoms with Crippen LogP contribution >= 0.6 is 24.8 Å². The first-order chi connectivity index (χ1) is 8.16. The molecule has 4 nitrogen and oxygen atoms in total. The Balaban J connectivity index is 0.000000902. The second-order valence-electron chi connectivity index (χ2n) is 3.99. The first-order valence-corrected chi connectivity index (χ1v) is 5.20. The zero-order chi connectivity index (χ0) is 12.0. The Bertz CT molecular complexity index is 852. The van der Waals surface area contributed by atoms with E-state index in [0.717, 1.165) is 11.1 Å². The van der Waals surface area contributed by atoms with Crippen LogP contribution in [-0.2, 0) is 0 Å². The van der Waals surface area contributed by atoms with Crippen LogP contribution in [0.4, 0.5) is 0 Å². The summed E-state index contributed by atoms with van der Waals surface area (Å²) >= 11 is 0. The van der Waals surface area contributed by atoms with E-state index in [9.17, 15) is 9.59 Å². The molecule has 2 heterocycles. The number of aromatic nitrogens is 2. The Hall–Kier alpha value is -1.78. The standard InChI is InChI=1S/C13H8N2O2.2ClH/c1-7-3-2-4-8(5-7)11-10-9(12(16)15-11)6-14-13(10)17;;/h2-6H,1H3;2*1H. The molecule has 1 aromatic carbocycles. The molecule has 0 unspecified atom stereocenters. The number of hydrogen-bond donors (Lipinski definition) is 0. The molecule has 0 amide bonds. The van der Waals surface area contributed by atoms with Crippen molar-refractivity contribution in [1.82, 2.24) is 9.97 Å². The number of hydrogen-bond acceptors (Lipinski definition) is 4. The lowest BCUT2D eigenvalue weighted by Gasteiger charge is -1.97. The summed E-state index contributed by atoms with van der Waals surface area (Å²) < 4.78 is 0. The number of aryl methyl sites for hydroxylation is 1. The minimum Gasteiger partial charge on any atom is -0.267 e. The van der Waals surface area contributed by atoms with Crippen LogP contribution in [0.5, 0.6) is 0 Å². The monoisotopic (exact) mass is 296 g/mol. The van der Waals surface area contributed by atoms with Crippen molar-refractivity contribution in [2.24, 2.45) is 0 Å². The predicted molar refractivity (Wildman–Crippen MR) is 76.9 cm³/mol. The van der Waals surface area contributed by atoms with Gasteiger partial charge in [0.05, 0.1) is 16.1 Å². The molecule has 0 atom stereocenters.